The van der Waals surface area contributed by atoms with E-state index in [0.717, 1.165) is 0 Å². The van der Waals surface area contributed by atoms with E-state index in [1.165, 1.54) is 0 Å². The largest absolute Gasteiger partial charge is 1.00 e. The van der Waals surface area contributed by atoms with Crippen molar-refractivity contribution in [3.05, 3.63) is 0 Å². The molecule has 4 nitrogen and oxygen atoms in total. The Morgan fingerprint density at radius 3 is 0.333 bits per heavy atom. The van der Waals surface area contributed by atoms with Gasteiger partial charge in [-0.05, 0) is 0 Å². The fraction of sp³-hybridized carbons (Fsp3) is 0. The second kappa shape index (κ2) is 54.2. The Morgan fingerprint density at radius 1 is 0.333 bits per heavy atom. The predicted octanol–water partition coefficient (Wildman–Crippen LogP) is -12.7. The van der Waals surface area contributed by atoms with Gasteiger partial charge in [-0.3, -0.25) is 0 Å². The van der Waals surface area contributed by atoms with Crippen LogP contribution in [0.2, 0.25) is 0 Å². The summed E-state index contributed by atoms with van der Waals surface area (Å²) >= 11 is 0. The summed E-state index contributed by atoms with van der Waals surface area (Å²) in [6.07, 6.45) is 0. The van der Waals surface area contributed by atoms with E-state index in [2.05, 4.69) is 0 Å². The predicted molar refractivity (Wildman–Crippen MR) is 7.74 cm³/mol. The average molecular weight is 648 g/mol. The third kappa shape index (κ3) is 47.6. The van der Waals surface area contributed by atoms with Gasteiger partial charge in [0.2, 0.25) is 0 Å². The molecule has 36 valence electrons. The number of rotatable bonds is 0. The molecule has 0 saturated heterocycles. The smallest absolute Gasteiger partial charge is 0.870 e. The van der Waals surface area contributed by atoms with E-state index in [0.29, 0.717) is 0 Å². The molecule has 0 fully saturated rings. The zero-order chi connectivity index (χ0) is 0. The van der Waals surface area contributed by atoms with Gasteiger partial charge in [-0.25, -0.2) is 0 Å². The van der Waals surface area contributed by atoms with Crippen LogP contribution in [0.15, 0.2) is 0 Å². The van der Waals surface area contributed by atoms with E-state index in [1.54, 1.807) is 0 Å². The molecule has 0 heterocycles. The Labute approximate surface area is 306 Å². The van der Waals surface area contributed by atoms with Crippen LogP contribution in [0.5, 0.6) is 0 Å². The Balaban J connectivity index is 0. The van der Waals surface area contributed by atoms with Crippen LogP contribution in [-0.4, -0.2) is 21.9 Å². The van der Waals surface area contributed by atoms with Crippen molar-refractivity contribution in [3.8, 4) is 0 Å². The number of hydrogen-bond acceptors (Lipinski definition) is 4. The van der Waals surface area contributed by atoms with Crippen LogP contribution in [0, 0.1) is 0 Å². The first-order valence-corrected chi connectivity index (χ1v) is 0. The molecular formula is H4Cs4O4Ti. The van der Waals surface area contributed by atoms with E-state index < -0.39 is 0 Å². The Bertz CT molecular complexity index is 12.5. The van der Waals surface area contributed by atoms with E-state index >= 15 is 0 Å². The first-order valence-electron chi connectivity index (χ1n) is 0. The molecule has 0 bridgehead atoms. The minimum Gasteiger partial charge on any atom is -0.870 e. The molecule has 0 saturated carbocycles. The van der Waals surface area contributed by atoms with E-state index in [9.17, 15) is 0 Å². The molecule has 0 aromatic rings. The topological polar surface area (TPSA) is 120 Å². The summed E-state index contributed by atoms with van der Waals surface area (Å²) in [4.78, 5) is 0. The SMILES string of the molecule is [Cs+].[Cs+].[Cs+].[Cs+].[OH-].[OH-].[OH-].[OH-].[Ti]. The van der Waals surface area contributed by atoms with Crippen LogP contribution in [0.1, 0.15) is 0 Å². The zero-order valence-corrected chi connectivity index (χ0v) is 33.0. The van der Waals surface area contributed by atoms with Crippen molar-refractivity contribution in [2.75, 3.05) is 0 Å². The maximum atomic E-state index is 0. The Hall–Kier alpha value is 8.76. The van der Waals surface area contributed by atoms with Gasteiger partial charge >= 0.3 is 276 Å². The van der Waals surface area contributed by atoms with Crippen LogP contribution in [0.25, 0.3) is 0 Å². The van der Waals surface area contributed by atoms with Crippen LogP contribution in [-0.2, 0) is 21.7 Å². The fourth-order valence-corrected chi connectivity index (χ4v) is 0. The molecule has 0 spiro atoms. The molecule has 0 aromatic heterocycles. The van der Waals surface area contributed by atoms with Crippen molar-refractivity contribution in [1.29, 1.82) is 0 Å². The van der Waals surface area contributed by atoms with Crippen LogP contribution in [0.4, 0.5) is 0 Å². The molecule has 9 heavy (non-hydrogen) atoms. The van der Waals surface area contributed by atoms with Crippen molar-refractivity contribution < 1.29 is 319 Å². The summed E-state index contributed by atoms with van der Waals surface area (Å²) in [5.41, 5.74) is 0. The Morgan fingerprint density at radius 2 is 0.333 bits per heavy atom. The Kier molecular flexibility index (Phi) is 392. The molecule has 0 aliphatic rings. The average Bonchev–Trinajstić information content (AvgIpc) is 0. The quantitative estimate of drug-likeness (QED) is 0.243. The molecule has 0 aromatic carbocycles. The van der Waals surface area contributed by atoms with Crippen molar-refractivity contribution >= 4 is 0 Å². The monoisotopic (exact) mass is 648 g/mol. The maximum Gasteiger partial charge on any atom is 1.00 e. The third-order valence-electron chi connectivity index (χ3n) is 0. The molecule has 0 unspecified atom stereocenters. The zero-order valence-electron chi connectivity index (χ0n) is 6.29. The molecule has 4 N–H and O–H groups in total. The van der Waals surface area contributed by atoms with Gasteiger partial charge in [0.05, 0.1) is 0 Å². The van der Waals surface area contributed by atoms with Gasteiger partial charge in [0.25, 0.3) is 0 Å². The summed E-state index contributed by atoms with van der Waals surface area (Å²) in [5.74, 6) is 0. The van der Waals surface area contributed by atoms with E-state index in [4.69, 9.17) is 0 Å². The van der Waals surface area contributed by atoms with Gasteiger partial charge in [-0.15, -0.1) is 0 Å². The third-order valence-corrected chi connectivity index (χ3v) is 0. The summed E-state index contributed by atoms with van der Waals surface area (Å²) in [6, 6.07) is 0. The van der Waals surface area contributed by atoms with Gasteiger partial charge in [0.15, 0.2) is 0 Å². The fourth-order valence-electron chi connectivity index (χ4n) is 0. The van der Waals surface area contributed by atoms with Gasteiger partial charge < -0.3 is 21.9 Å². The molecule has 0 rings (SSSR count). The van der Waals surface area contributed by atoms with Gasteiger partial charge in [-0.2, -0.15) is 0 Å². The molecule has 0 amide bonds. The van der Waals surface area contributed by atoms with Crippen molar-refractivity contribution in [2.45, 2.75) is 0 Å². The summed E-state index contributed by atoms with van der Waals surface area (Å²) < 4.78 is 0. The van der Waals surface area contributed by atoms with Crippen molar-refractivity contribution in [2.24, 2.45) is 0 Å². The maximum absolute atomic E-state index is 0. The second-order valence-corrected chi connectivity index (χ2v) is 0. The van der Waals surface area contributed by atoms with Gasteiger partial charge in [0, 0.05) is 21.7 Å². The molecule has 0 aliphatic carbocycles. The number of hydrogen-bond donors (Lipinski definition) is 0. The summed E-state index contributed by atoms with van der Waals surface area (Å²) in [6.45, 7) is 0. The first-order chi connectivity index (χ1) is 0. The van der Waals surface area contributed by atoms with Crippen LogP contribution < -0.4 is 276 Å². The second-order valence-electron chi connectivity index (χ2n) is 0. The standard InChI is InChI=1S/4Cs.4H2O.Ti/h;;;;4*1H2;/q4*+1;;;;;/p-4. The van der Waals surface area contributed by atoms with Gasteiger partial charge in [0.1, 0.15) is 0 Å². The van der Waals surface area contributed by atoms with E-state index in [-0.39, 0.29) is 319 Å². The minimum atomic E-state index is 0. The first kappa shape index (κ1) is 65.0. The van der Waals surface area contributed by atoms with Gasteiger partial charge in [-0.1, -0.05) is 0 Å². The summed E-state index contributed by atoms with van der Waals surface area (Å²) in [7, 11) is 0. The summed E-state index contributed by atoms with van der Waals surface area (Å²) in [5, 5.41) is 0. The molecule has 0 radical (unpaired) electrons. The minimum absolute atomic E-state index is 0. The molecule has 0 aliphatic heterocycles. The normalized spacial score (nSPS) is 0. The van der Waals surface area contributed by atoms with Crippen LogP contribution in [0.3, 0.4) is 0 Å². The molecule has 9 heteroatoms. The van der Waals surface area contributed by atoms with Crippen LogP contribution >= 0.6 is 0 Å². The van der Waals surface area contributed by atoms with E-state index in [1.807, 2.05) is 0 Å². The van der Waals surface area contributed by atoms with Crippen molar-refractivity contribution in [1.82, 2.24) is 0 Å². The molecular weight excluding hydrogens is 643 g/mol. The van der Waals surface area contributed by atoms with Crippen molar-refractivity contribution in [3.63, 3.8) is 0 Å². The molecule has 0 atom stereocenters.